The molecule has 0 unspecified atom stereocenters. The molecule has 2 aromatic carbocycles. The standard InChI is InChI=1S/C21H16Cl2F3N3O4/c1-2-32-16(31)9-15-19-27-28-20(21(24,25)26)29(19)13-7-6-10(22)8-12(13)18(33-15)11-4-3-5-14(30)17(11)23/h3-8,15,18,30H,2,9H2,1H3/t15-,18-/m1/s1. The third-order valence-electron chi connectivity index (χ3n) is 4.99. The number of rotatable bonds is 4. The van der Waals surface area contributed by atoms with Crippen LogP contribution in [0.5, 0.6) is 5.75 Å². The van der Waals surface area contributed by atoms with Crippen LogP contribution < -0.4 is 0 Å². The smallest absolute Gasteiger partial charge is 0.452 e. The Hall–Kier alpha value is -2.82. The van der Waals surface area contributed by atoms with E-state index < -0.39 is 36.6 Å². The maximum absolute atomic E-state index is 13.8. The monoisotopic (exact) mass is 501 g/mol. The fourth-order valence-electron chi connectivity index (χ4n) is 3.65. The van der Waals surface area contributed by atoms with Gasteiger partial charge in [-0.25, -0.2) is 0 Å². The largest absolute Gasteiger partial charge is 0.506 e. The summed E-state index contributed by atoms with van der Waals surface area (Å²) >= 11 is 12.5. The maximum Gasteiger partial charge on any atom is 0.452 e. The fraction of sp³-hybridized carbons (Fsp3) is 0.286. The molecule has 1 aliphatic rings. The number of phenolic OH excluding ortho intramolecular Hbond substituents is 1. The Labute approximate surface area is 195 Å². The molecule has 4 rings (SSSR count). The van der Waals surface area contributed by atoms with Crippen LogP contribution in [0.4, 0.5) is 13.2 Å². The molecule has 0 saturated carbocycles. The van der Waals surface area contributed by atoms with E-state index in [1.54, 1.807) is 13.0 Å². The van der Waals surface area contributed by atoms with Crippen LogP contribution in [0.1, 0.15) is 48.3 Å². The first-order valence-electron chi connectivity index (χ1n) is 9.72. The molecule has 12 heteroatoms. The van der Waals surface area contributed by atoms with Crippen molar-refractivity contribution in [3.63, 3.8) is 0 Å². The van der Waals surface area contributed by atoms with Crippen LogP contribution >= 0.6 is 23.2 Å². The van der Waals surface area contributed by atoms with E-state index in [9.17, 15) is 23.1 Å². The van der Waals surface area contributed by atoms with Crippen LogP contribution in [-0.2, 0) is 20.4 Å². The van der Waals surface area contributed by atoms with Gasteiger partial charge < -0.3 is 14.6 Å². The SMILES string of the molecule is CCOC(=O)C[C@H]1O[C@H](c2cccc(O)c2Cl)c2cc(Cl)ccc2-n2c1nnc2C(F)(F)F. The summed E-state index contributed by atoms with van der Waals surface area (Å²) in [5, 5.41) is 17.3. The molecular formula is C21H16Cl2F3N3O4. The number of hydrogen-bond donors (Lipinski definition) is 1. The van der Waals surface area contributed by atoms with Crippen molar-refractivity contribution in [3.8, 4) is 11.4 Å². The zero-order valence-corrected chi connectivity index (χ0v) is 18.4. The van der Waals surface area contributed by atoms with Gasteiger partial charge in [0.2, 0.25) is 5.82 Å². The van der Waals surface area contributed by atoms with Crippen molar-refractivity contribution in [3.05, 3.63) is 69.2 Å². The highest BCUT2D eigenvalue weighted by molar-refractivity contribution is 6.33. The van der Waals surface area contributed by atoms with Gasteiger partial charge in [0, 0.05) is 16.1 Å². The second-order valence-corrected chi connectivity index (χ2v) is 7.93. The summed E-state index contributed by atoms with van der Waals surface area (Å²) in [7, 11) is 0. The van der Waals surface area contributed by atoms with E-state index in [0.717, 1.165) is 4.57 Å². The van der Waals surface area contributed by atoms with Gasteiger partial charge in [-0.05, 0) is 31.2 Å². The number of phenols is 1. The minimum absolute atomic E-state index is 0.0440. The van der Waals surface area contributed by atoms with Gasteiger partial charge in [0.05, 0.1) is 23.7 Å². The van der Waals surface area contributed by atoms with Crippen LogP contribution in [0.15, 0.2) is 36.4 Å². The highest BCUT2D eigenvalue weighted by Crippen LogP contribution is 2.46. The summed E-state index contributed by atoms with van der Waals surface area (Å²) < 4.78 is 53.4. The summed E-state index contributed by atoms with van der Waals surface area (Å²) in [6.45, 7) is 1.67. The van der Waals surface area contributed by atoms with Gasteiger partial charge in [0.25, 0.3) is 0 Å². The maximum atomic E-state index is 13.8. The van der Waals surface area contributed by atoms with Crippen LogP contribution in [-0.4, -0.2) is 32.4 Å². The molecule has 3 aromatic rings. The van der Waals surface area contributed by atoms with Crippen molar-refractivity contribution in [1.82, 2.24) is 14.8 Å². The van der Waals surface area contributed by atoms with Crippen molar-refractivity contribution in [1.29, 1.82) is 0 Å². The molecule has 0 spiro atoms. The topological polar surface area (TPSA) is 86.5 Å². The van der Waals surface area contributed by atoms with Crippen molar-refractivity contribution in [2.24, 2.45) is 0 Å². The number of ether oxygens (including phenoxy) is 2. The van der Waals surface area contributed by atoms with E-state index in [0.29, 0.717) is 0 Å². The highest BCUT2D eigenvalue weighted by atomic mass is 35.5. The summed E-state index contributed by atoms with van der Waals surface area (Å²) in [4.78, 5) is 12.3. The zero-order chi connectivity index (χ0) is 23.9. The summed E-state index contributed by atoms with van der Waals surface area (Å²) in [5.74, 6) is -2.47. The average molecular weight is 502 g/mol. The van der Waals surface area contributed by atoms with E-state index in [1.165, 1.54) is 30.3 Å². The molecule has 0 aliphatic carbocycles. The molecule has 7 nitrogen and oxygen atoms in total. The number of esters is 1. The Morgan fingerprint density at radius 3 is 2.67 bits per heavy atom. The Morgan fingerprint density at radius 1 is 1.21 bits per heavy atom. The molecule has 1 N–H and O–H groups in total. The lowest BCUT2D eigenvalue weighted by molar-refractivity contribution is -0.147. The van der Waals surface area contributed by atoms with Gasteiger partial charge in [-0.1, -0.05) is 35.3 Å². The number of carbonyl (C=O) groups is 1. The van der Waals surface area contributed by atoms with E-state index >= 15 is 0 Å². The number of nitrogens with zero attached hydrogens (tertiary/aromatic N) is 3. The number of carbonyl (C=O) groups excluding carboxylic acids is 1. The van der Waals surface area contributed by atoms with Crippen molar-refractivity contribution < 1.29 is 32.5 Å². The predicted molar refractivity (Wildman–Crippen MR) is 111 cm³/mol. The number of aromatic hydroxyl groups is 1. The third kappa shape index (κ3) is 4.38. The van der Waals surface area contributed by atoms with Crippen LogP contribution in [0.2, 0.25) is 10.0 Å². The molecule has 0 bridgehead atoms. The van der Waals surface area contributed by atoms with Crippen LogP contribution in [0.3, 0.4) is 0 Å². The lowest BCUT2D eigenvalue weighted by atomic mass is 9.99. The minimum atomic E-state index is -4.85. The van der Waals surface area contributed by atoms with E-state index in [2.05, 4.69) is 10.2 Å². The first-order valence-corrected chi connectivity index (χ1v) is 10.5. The second-order valence-electron chi connectivity index (χ2n) is 7.11. The number of aromatic nitrogens is 3. The second kappa shape index (κ2) is 8.85. The normalized spacial score (nSPS) is 17.8. The molecule has 174 valence electrons. The Kier molecular flexibility index (Phi) is 6.26. The van der Waals surface area contributed by atoms with Crippen LogP contribution in [0.25, 0.3) is 5.69 Å². The number of halogens is 5. The summed E-state index contributed by atoms with van der Waals surface area (Å²) in [6.07, 6.45) is -7.65. The lowest BCUT2D eigenvalue weighted by Gasteiger charge is -2.23. The van der Waals surface area contributed by atoms with E-state index in [1.807, 2.05) is 0 Å². The Balaban J connectivity index is 1.99. The summed E-state index contributed by atoms with van der Waals surface area (Å²) in [5.41, 5.74) is 0.525. The van der Waals surface area contributed by atoms with Gasteiger partial charge in [0.1, 0.15) is 18.0 Å². The molecule has 2 heterocycles. The van der Waals surface area contributed by atoms with Gasteiger partial charge in [0.15, 0.2) is 5.82 Å². The number of alkyl halides is 3. The van der Waals surface area contributed by atoms with Crippen molar-refractivity contribution in [2.75, 3.05) is 6.61 Å². The van der Waals surface area contributed by atoms with Crippen molar-refractivity contribution in [2.45, 2.75) is 31.7 Å². The van der Waals surface area contributed by atoms with Crippen molar-refractivity contribution >= 4 is 29.2 Å². The number of fused-ring (bicyclic) bond motifs is 3. The quantitative estimate of drug-likeness (QED) is 0.480. The molecule has 0 radical (unpaired) electrons. The predicted octanol–water partition coefficient (Wildman–Crippen LogP) is 5.41. The number of hydrogen-bond acceptors (Lipinski definition) is 6. The van der Waals surface area contributed by atoms with Gasteiger partial charge >= 0.3 is 12.1 Å². The first-order chi connectivity index (χ1) is 15.6. The van der Waals surface area contributed by atoms with Gasteiger partial charge in [-0.3, -0.25) is 9.36 Å². The van der Waals surface area contributed by atoms with E-state index in [-0.39, 0.29) is 45.0 Å². The molecular weight excluding hydrogens is 486 g/mol. The third-order valence-corrected chi connectivity index (χ3v) is 5.64. The molecule has 33 heavy (non-hydrogen) atoms. The van der Waals surface area contributed by atoms with E-state index in [4.69, 9.17) is 32.7 Å². The Morgan fingerprint density at radius 2 is 1.97 bits per heavy atom. The minimum Gasteiger partial charge on any atom is -0.506 e. The van der Waals surface area contributed by atoms with Gasteiger partial charge in [-0.15, -0.1) is 10.2 Å². The molecule has 0 saturated heterocycles. The first kappa shape index (κ1) is 23.3. The molecule has 1 aromatic heterocycles. The summed E-state index contributed by atoms with van der Waals surface area (Å²) in [6, 6.07) is 8.63. The number of benzene rings is 2. The average Bonchev–Trinajstić information content (AvgIpc) is 3.14. The zero-order valence-electron chi connectivity index (χ0n) is 16.9. The van der Waals surface area contributed by atoms with Gasteiger partial charge in [-0.2, -0.15) is 13.2 Å². The molecule has 2 atom stereocenters. The highest BCUT2D eigenvalue weighted by Gasteiger charge is 2.43. The molecule has 0 amide bonds. The molecule has 1 aliphatic heterocycles. The lowest BCUT2D eigenvalue weighted by Crippen LogP contribution is -2.18. The Bertz CT molecular complexity index is 1220. The molecule has 0 fully saturated rings. The fourth-order valence-corrected chi connectivity index (χ4v) is 4.06. The van der Waals surface area contributed by atoms with Crippen LogP contribution in [0, 0.1) is 0 Å².